The van der Waals surface area contributed by atoms with Crippen LogP contribution in [0.3, 0.4) is 0 Å². The van der Waals surface area contributed by atoms with Crippen LogP contribution in [0.5, 0.6) is 0 Å². The highest BCUT2D eigenvalue weighted by molar-refractivity contribution is 5.76. The smallest absolute Gasteiger partial charge is 0.267 e. The van der Waals surface area contributed by atoms with Crippen molar-refractivity contribution in [2.45, 2.75) is 51.1 Å². The summed E-state index contributed by atoms with van der Waals surface area (Å²) in [5.74, 6) is -0.153. The molecular formula is C18H22N4O2. The van der Waals surface area contributed by atoms with E-state index in [9.17, 15) is 9.59 Å². The van der Waals surface area contributed by atoms with Crippen LogP contribution in [0.4, 0.5) is 0 Å². The molecule has 1 N–H and O–H groups in total. The Hall–Kier alpha value is -2.50. The van der Waals surface area contributed by atoms with E-state index in [1.54, 1.807) is 18.5 Å². The second kappa shape index (κ2) is 7.86. The van der Waals surface area contributed by atoms with Gasteiger partial charge < -0.3 is 5.32 Å². The van der Waals surface area contributed by atoms with Gasteiger partial charge in [0.1, 0.15) is 6.54 Å². The first-order valence-electron chi connectivity index (χ1n) is 8.50. The average Bonchev–Trinajstić information content (AvgIpc) is 2.86. The van der Waals surface area contributed by atoms with Crippen LogP contribution in [0.2, 0.25) is 0 Å². The van der Waals surface area contributed by atoms with Gasteiger partial charge in [-0.3, -0.25) is 14.6 Å². The second-order valence-corrected chi connectivity index (χ2v) is 6.21. The molecule has 0 spiro atoms. The van der Waals surface area contributed by atoms with E-state index in [4.69, 9.17) is 0 Å². The predicted molar refractivity (Wildman–Crippen MR) is 91.4 cm³/mol. The molecule has 24 heavy (non-hydrogen) atoms. The number of nitrogens with one attached hydrogen (secondary N) is 1. The normalized spacial score (nSPS) is 15.7. The molecule has 6 heteroatoms. The molecule has 0 aromatic carbocycles. The average molecular weight is 326 g/mol. The SMILES string of the molecule is O=C(Cn1nc(-c2cccnc2)ccc1=O)NC1CCCCCC1. The van der Waals surface area contributed by atoms with Gasteiger partial charge in [-0.2, -0.15) is 5.10 Å². The lowest BCUT2D eigenvalue weighted by Gasteiger charge is -2.16. The number of aromatic nitrogens is 3. The van der Waals surface area contributed by atoms with Crippen LogP contribution in [-0.2, 0) is 11.3 Å². The number of nitrogens with zero attached hydrogens (tertiary/aromatic N) is 3. The van der Waals surface area contributed by atoms with Crippen LogP contribution in [0.1, 0.15) is 38.5 Å². The highest BCUT2D eigenvalue weighted by Gasteiger charge is 2.15. The predicted octanol–water partition coefficient (Wildman–Crippen LogP) is 2.14. The lowest BCUT2D eigenvalue weighted by Crippen LogP contribution is -2.39. The van der Waals surface area contributed by atoms with Crippen LogP contribution >= 0.6 is 0 Å². The molecule has 1 aliphatic carbocycles. The van der Waals surface area contributed by atoms with E-state index in [1.807, 2.05) is 12.1 Å². The zero-order valence-electron chi connectivity index (χ0n) is 13.6. The Morgan fingerprint density at radius 1 is 1.17 bits per heavy atom. The summed E-state index contributed by atoms with van der Waals surface area (Å²) in [6, 6.07) is 6.99. The molecule has 2 heterocycles. The van der Waals surface area contributed by atoms with E-state index in [0.717, 1.165) is 31.2 Å². The van der Waals surface area contributed by atoms with Gasteiger partial charge >= 0.3 is 0 Å². The van der Waals surface area contributed by atoms with E-state index in [1.165, 1.54) is 23.6 Å². The molecule has 126 valence electrons. The van der Waals surface area contributed by atoms with E-state index >= 15 is 0 Å². The molecule has 2 aromatic rings. The van der Waals surface area contributed by atoms with Gasteiger partial charge in [-0.05, 0) is 31.0 Å². The van der Waals surface area contributed by atoms with Gasteiger partial charge in [0.25, 0.3) is 5.56 Å². The van der Waals surface area contributed by atoms with Gasteiger partial charge in [-0.25, -0.2) is 4.68 Å². The summed E-state index contributed by atoms with van der Waals surface area (Å²) in [6.07, 6.45) is 10.2. The van der Waals surface area contributed by atoms with Crippen molar-refractivity contribution >= 4 is 5.91 Å². The lowest BCUT2D eigenvalue weighted by atomic mass is 10.1. The molecule has 0 aliphatic heterocycles. The summed E-state index contributed by atoms with van der Waals surface area (Å²) in [4.78, 5) is 28.3. The fourth-order valence-corrected chi connectivity index (χ4v) is 3.06. The molecule has 1 amide bonds. The largest absolute Gasteiger partial charge is 0.352 e. The minimum atomic E-state index is -0.279. The minimum absolute atomic E-state index is 0.0521. The van der Waals surface area contributed by atoms with Gasteiger partial charge in [0.2, 0.25) is 5.91 Å². The second-order valence-electron chi connectivity index (χ2n) is 6.21. The number of rotatable bonds is 4. The Morgan fingerprint density at radius 2 is 1.96 bits per heavy atom. The van der Waals surface area contributed by atoms with E-state index in [2.05, 4.69) is 15.4 Å². The molecule has 2 aromatic heterocycles. The van der Waals surface area contributed by atoms with Crippen LogP contribution in [0.15, 0.2) is 41.5 Å². The number of pyridine rings is 1. The number of carbonyl (C=O) groups is 1. The van der Waals surface area contributed by atoms with E-state index in [0.29, 0.717) is 5.69 Å². The van der Waals surface area contributed by atoms with Crippen LogP contribution < -0.4 is 10.9 Å². The molecule has 1 saturated carbocycles. The lowest BCUT2D eigenvalue weighted by molar-refractivity contribution is -0.122. The summed E-state index contributed by atoms with van der Waals surface area (Å²) in [5, 5.41) is 7.34. The molecule has 0 bridgehead atoms. The van der Waals surface area contributed by atoms with Crippen molar-refractivity contribution in [3.05, 3.63) is 47.0 Å². The molecule has 3 rings (SSSR count). The fourth-order valence-electron chi connectivity index (χ4n) is 3.06. The van der Waals surface area contributed by atoms with Gasteiger partial charge in [-0.1, -0.05) is 25.7 Å². The quantitative estimate of drug-likeness (QED) is 0.873. The van der Waals surface area contributed by atoms with Crippen molar-refractivity contribution < 1.29 is 4.79 Å². The van der Waals surface area contributed by atoms with Gasteiger partial charge in [0.05, 0.1) is 5.69 Å². The van der Waals surface area contributed by atoms with E-state index < -0.39 is 0 Å². The van der Waals surface area contributed by atoms with Crippen molar-refractivity contribution in [1.29, 1.82) is 0 Å². The topological polar surface area (TPSA) is 76.9 Å². The maximum atomic E-state index is 12.3. The summed E-state index contributed by atoms with van der Waals surface area (Å²) < 4.78 is 1.22. The Balaban J connectivity index is 1.70. The maximum Gasteiger partial charge on any atom is 0.267 e. The standard InChI is InChI=1S/C18H22N4O2/c23-17(20-15-7-3-1-2-4-8-15)13-22-18(24)10-9-16(21-22)14-6-5-11-19-12-14/h5-6,9-12,15H,1-4,7-8,13H2,(H,20,23). The first-order valence-corrected chi connectivity index (χ1v) is 8.50. The maximum absolute atomic E-state index is 12.3. The Bertz CT molecular complexity index is 734. The van der Waals surface area contributed by atoms with Crippen LogP contribution in [0, 0.1) is 0 Å². The fraction of sp³-hybridized carbons (Fsp3) is 0.444. The molecule has 0 saturated heterocycles. The zero-order chi connectivity index (χ0) is 16.8. The first-order chi connectivity index (χ1) is 11.7. The number of carbonyl (C=O) groups excluding carboxylic acids is 1. The minimum Gasteiger partial charge on any atom is -0.352 e. The monoisotopic (exact) mass is 326 g/mol. The van der Waals surface area contributed by atoms with Gasteiger partial charge in [0.15, 0.2) is 0 Å². The number of amides is 1. The highest BCUT2D eigenvalue weighted by Crippen LogP contribution is 2.17. The zero-order valence-corrected chi connectivity index (χ0v) is 13.6. The summed E-state index contributed by atoms with van der Waals surface area (Å²) in [6.45, 7) is -0.0521. The number of hydrogen-bond donors (Lipinski definition) is 1. The molecule has 0 unspecified atom stereocenters. The van der Waals surface area contributed by atoms with Crippen LogP contribution in [0.25, 0.3) is 11.3 Å². The molecule has 1 fully saturated rings. The highest BCUT2D eigenvalue weighted by atomic mass is 16.2. The molecule has 6 nitrogen and oxygen atoms in total. The van der Waals surface area contributed by atoms with Crippen molar-refractivity contribution in [1.82, 2.24) is 20.1 Å². The molecule has 0 atom stereocenters. The first kappa shape index (κ1) is 16.4. The van der Waals surface area contributed by atoms with Crippen molar-refractivity contribution in [3.63, 3.8) is 0 Å². The Labute approximate surface area is 140 Å². The summed E-state index contributed by atoms with van der Waals surface area (Å²) in [5.41, 5.74) is 1.17. The third-order valence-corrected chi connectivity index (χ3v) is 4.34. The Kier molecular flexibility index (Phi) is 5.36. The van der Waals surface area contributed by atoms with Gasteiger partial charge in [0, 0.05) is 30.1 Å². The van der Waals surface area contributed by atoms with Crippen LogP contribution in [-0.4, -0.2) is 26.7 Å². The van der Waals surface area contributed by atoms with Gasteiger partial charge in [-0.15, -0.1) is 0 Å². The van der Waals surface area contributed by atoms with E-state index in [-0.39, 0.29) is 24.1 Å². The summed E-state index contributed by atoms with van der Waals surface area (Å²) in [7, 11) is 0. The third-order valence-electron chi connectivity index (χ3n) is 4.34. The van der Waals surface area contributed by atoms with Crippen molar-refractivity contribution in [3.8, 4) is 11.3 Å². The molecular weight excluding hydrogens is 304 g/mol. The molecule has 1 aliphatic rings. The molecule has 0 radical (unpaired) electrons. The van der Waals surface area contributed by atoms with Crippen molar-refractivity contribution in [2.24, 2.45) is 0 Å². The third kappa shape index (κ3) is 4.28. The summed E-state index contributed by atoms with van der Waals surface area (Å²) >= 11 is 0. The Morgan fingerprint density at radius 3 is 2.67 bits per heavy atom. The van der Waals surface area contributed by atoms with Crippen molar-refractivity contribution in [2.75, 3.05) is 0 Å². The number of hydrogen-bond acceptors (Lipinski definition) is 4.